The van der Waals surface area contributed by atoms with Crippen molar-refractivity contribution in [2.75, 3.05) is 0 Å². The summed E-state index contributed by atoms with van der Waals surface area (Å²) in [7, 11) is 9.98. The van der Waals surface area contributed by atoms with Gasteiger partial charge in [0.25, 0.3) is 0 Å². The Kier molecular flexibility index (Phi) is 20.8. The number of hydrogen-bond donors (Lipinski definition) is 0. The third-order valence-electron chi connectivity index (χ3n) is 29.8. The van der Waals surface area contributed by atoms with E-state index in [9.17, 15) is 1.37 Å². The summed E-state index contributed by atoms with van der Waals surface area (Å²) < 4.78 is 124. The lowest BCUT2D eigenvalue weighted by Gasteiger charge is -2.22. The van der Waals surface area contributed by atoms with Gasteiger partial charge in [-0.2, -0.15) is 0 Å². The van der Waals surface area contributed by atoms with Crippen molar-refractivity contribution in [2.24, 2.45) is 35.2 Å². The van der Waals surface area contributed by atoms with Crippen LogP contribution in [-0.2, 0) is 35.2 Å². The van der Waals surface area contributed by atoms with Gasteiger partial charge in [0.05, 0.1) is 27.8 Å². The standard InChI is InChI=1S/C28H27N2O.C27H25N2O.2C25H23N2O.C23H19N2O/c1-18-21-11-6-7-12-22(21)26-23-13-8-15-29-28(23)31-27(26)25(18)24-17-20(14-16-30(24)2)19-9-4-3-5-10-19;1-17-20-10-5-6-11-21(20)25-22-12-7-14-28-27(22)30-26(25)24(17)23-16-19(13-15-29(23)2)18-8-3-4-9-18;2*1-15(2)17-11-13-27(4)21(14-17)22-16(3)18-8-5-6-9-19(18)23-20-10-7-12-26-25(20)28-24(22)23;1-14-10-11-19(25(3)13-14)20-15(2)16-7-4-5-8-17(16)21-18-9-6-12-24-23(18)26-22(20)21/h6-8,11-17,19H,3-5,9-10H2,1-2H3;5-7,10-16,18H,3-4,8-9H2,1-2H3;2*5-15H,1-4H3;4-13H,1-3H3/q5*+1/i19D;18D;1D3,15D;15D;1D3. The van der Waals surface area contributed by atoms with Gasteiger partial charge in [0.15, 0.2) is 58.9 Å². The van der Waals surface area contributed by atoms with E-state index < -0.39 is 37.3 Å². The van der Waals surface area contributed by atoms with Crippen LogP contribution in [0.25, 0.3) is 220 Å². The number of hydrogen-bond acceptors (Lipinski definition) is 10. The van der Waals surface area contributed by atoms with Crippen molar-refractivity contribution in [3.8, 4) is 56.3 Å². The fraction of sp³-hybridized carbons (Fsp3) is 0.219. The summed E-state index contributed by atoms with van der Waals surface area (Å²) in [4.78, 5) is 22.3. The monoisotopic (exact) mass is 1880 g/mol. The van der Waals surface area contributed by atoms with Gasteiger partial charge in [-0.1, -0.05) is 181 Å². The molecule has 0 saturated heterocycles. The predicted molar refractivity (Wildman–Crippen MR) is 582 cm³/mol. The third kappa shape index (κ3) is 15.8. The molecular weight excluding hydrogens is 1760 g/mol. The summed E-state index contributed by atoms with van der Waals surface area (Å²) in [6.45, 7) is 11.3. The second-order valence-corrected chi connectivity index (χ2v) is 38.7. The lowest BCUT2D eigenvalue weighted by atomic mass is 9.83. The minimum absolute atomic E-state index is 0.310. The zero-order valence-electron chi connectivity index (χ0n) is 92.7. The molecule has 15 heteroatoms. The van der Waals surface area contributed by atoms with Crippen molar-refractivity contribution in [2.45, 2.75) is 150 Å². The average Bonchev–Trinajstić information content (AvgIpc) is 1.62. The number of pyridine rings is 10. The van der Waals surface area contributed by atoms with Crippen LogP contribution in [0.5, 0.6) is 0 Å². The summed E-state index contributed by atoms with van der Waals surface area (Å²) in [5.74, 6) is -3.40. The first-order valence-corrected chi connectivity index (χ1v) is 49.4. The molecule has 10 aromatic carbocycles. The normalized spacial score (nSPS) is 15.4. The molecule has 0 bridgehead atoms. The third-order valence-corrected chi connectivity index (χ3v) is 29.8. The molecule has 27 rings (SSSR count). The van der Waals surface area contributed by atoms with Gasteiger partial charge < -0.3 is 22.1 Å². The smallest absolute Gasteiger partial charge is 0.227 e. The average molecular weight is 1890 g/mol. The zero-order chi connectivity index (χ0) is 107. The van der Waals surface area contributed by atoms with Gasteiger partial charge in [-0.15, -0.1) is 0 Å². The summed E-state index contributed by atoms with van der Waals surface area (Å²) in [6, 6.07) is 81.9. The van der Waals surface area contributed by atoms with Gasteiger partial charge in [-0.05, 0) is 261 Å². The second-order valence-electron chi connectivity index (χ2n) is 38.7. The first-order valence-electron chi connectivity index (χ1n) is 54.4. The van der Waals surface area contributed by atoms with E-state index in [1.165, 1.54) is 62.4 Å². The maximum absolute atomic E-state index is 9.18. The second kappa shape index (κ2) is 37.2. The number of aromatic nitrogens is 10. The Balaban J connectivity index is 0.000000104. The molecule has 2 saturated carbocycles. The molecule has 704 valence electrons. The van der Waals surface area contributed by atoms with E-state index in [0.29, 0.717) is 45.3 Å². The summed E-state index contributed by atoms with van der Waals surface area (Å²) in [6.07, 6.45) is 28.0. The highest BCUT2D eigenvalue weighted by Gasteiger charge is 2.34. The van der Waals surface area contributed by atoms with Crippen LogP contribution >= 0.6 is 0 Å². The Morgan fingerprint density at radius 2 is 0.545 bits per heavy atom. The Bertz CT molecular complexity index is 9930. The molecule has 0 aliphatic heterocycles. The van der Waals surface area contributed by atoms with Crippen molar-refractivity contribution in [1.82, 2.24) is 24.9 Å². The zero-order valence-corrected chi connectivity index (χ0v) is 82.7. The van der Waals surface area contributed by atoms with Gasteiger partial charge >= 0.3 is 0 Å². The van der Waals surface area contributed by atoms with Crippen LogP contribution in [0.4, 0.5) is 0 Å². The topological polar surface area (TPSA) is 150 Å². The SMILES string of the molecule is [2H]C(C)(C)c1cc[n+](C)c(-c2c(C)c3ccccc3c3c2oc2ncccc23)c1.[2H]C([2H])([2H])C([2H])(C)c1cc[n+](C)c(-c2c(C)c3ccccc3c3c2oc2ncccc23)c1.[2H]C([2H])([2H])c1ccc(-c2c(C)c3ccccc3c3c2oc2ncccc23)[n+](C)c1.[2H]C1(c2cc[n+](C)c(-c3c(C)c4ccccc4c4c3oc3ncccc34)c2)CCCC1.[2H]C1(c2cc[n+](C)c(-c3c(C)c4ccccc4c4c3oc3ncccc34)c2)CCCCC1. The van der Waals surface area contributed by atoms with E-state index in [1.54, 1.807) is 55.4 Å². The van der Waals surface area contributed by atoms with Crippen LogP contribution in [0.2, 0.25) is 0 Å². The van der Waals surface area contributed by atoms with E-state index in [2.05, 4.69) is 238 Å². The maximum Gasteiger partial charge on any atom is 0.227 e. The quantitative estimate of drug-likeness (QED) is 0.128. The molecule has 0 spiro atoms. The van der Waals surface area contributed by atoms with Gasteiger partial charge in [-0.3, -0.25) is 0 Å². The maximum atomic E-state index is 9.18. The Morgan fingerprint density at radius 3 is 0.825 bits per heavy atom. The molecule has 25 aromatic rings. The summed E-state index contributed by atoms with van der Waals surface area (Å²) in [5, 5.41) is 22.0. The molecule has 2 aliphatic rings. The van der Waals surface area contributed by atoms with Crippen molar-refractivity contribution >= 4 is 164 Å². The highest BCUT2D eigenvalue weighted by Crippen LogP contribution is 2.51. The fourth-order valence-electron chi connectivity index (χ4n) is 22.6. The van der Waals surface area contributed by atoms with E-state index in [1.807, 2.05) is 142 Å². The van der Waals surface area contributed by atoms with Gasteiger partial charge in [-0.25, -0.2) is 47.8 Å². The molecule has 143 heavy (non-hydrogen) atoms. The van der Waals surface area contributed by atoms with Crippen LogP contribution in [-0.4, -0.2) is 24.9 Å². The molecule has 15 nitrogen and oxygen atoms in total. The summed E-state index contributed by atoms with van der Waals surface area (Å²) in [5.41, 5.74) is 26.8. The van der Waals surface area contributed by atoms with Gasteiger partial charge in [0.1, 0.15) is 35.2 Å². The van der Waals surface area contributed by atoms with E-state index >= 15 is 0 Å². The minimum atomic E-state index is -2.46. The molecule has 2 aliphatic carbocycles. The lowest BCUT2D eigenvalue weighted by molar-refractivity contribution is -0.660. The Labute approximate surface area is 845 Å². The number of aryl methyl sites for hydroxylation is 11. The number of furan rings is 5. The number of nitrogens with zero attached hydrogens (tertiary/aromatic N) is 10. The first-order chi connectivity index (χ1) is 73.5. The number of fused-ring (bicyclic) bond motifs is 25. The molecule has 1 unspecified atom stereocenters. The molecule has 0 N–H and O–H groups in total. The number of benzene rings is 10. The molecule has 15 heterocycles. The van der Waals surface area contributed by atoms with Gasteiger partial charge in [0.2, 0.25) is 57.0 Å². The molecule has 15 aromatic heterocycles. The fourth-order valence-corrected chi connectivity index (χ4v) is 22.6. The first kappa shape index (κ1) is 79.8. The van der Waals surface area contributed by atoms with Crippen molar-refractivity contribution in [3.63, 3.8) is 0 Å². The van der Waals surface area contributed by atoms with Crippen LogP contribution in [0.1, 0.15) is 178 Å². The van der Waals surface area contributed by atoms with E-state index in [4.69, 9.17) is 34.4 Å². The highest BCUT2D eigenvalue weighted by atomic mass is 16.4. The molecule has 0 radical (unpaired) electrons. The van der Waals surface area contributed by atoms with E-state index in [0.717, 1.165) is 233 Å². The molecule has 0 amide bonds. The largest absolute Gasteiger partial charge is 0.437 e. The lowest BCUT2D eigenvalue weighted by Crippen LogP contribution is -2.31. The van der Waals surface area contributed by atoms with Crippen molar-refractivity contribution < 1.29 is 58.6 Å². The molecule has 1 atom stereocenters. The van der Waals surface area contributed by atoms with E-state index in [-0.39, 0.29) is 0 Å². The number of rotatable bonds is 9. The molecule has 2 fully saturated rings. The highest BCUT2D eigenvalue weighted by molar-refractivity contribution is 6.28. The van der Waals surface area contributed by atoms with Crippen LogP contribution in [0.15, 0.2) is 327 Å². The summed E-state index contributed by atoms with van der Waals surface area (Å²) >= 11 is 0. The molecular formula is C128H117N10O5+5. The minimum Gasteiger partial charge on any atom is -0.437 e. The van der Waals surface area contributed by atoms with Crippen LogP contribution < -0.4 is 22.8 Å². The van der Waals surface area contributed by atoms with Crippen molar-refractivity contribution in [3.05, 3.63) is 360 Å². The van der Waals surface area contributed by atoms with Crippen LogP contribution in [0, 0.1) is 41.5 Å². The van der Waals surface area contributed by atoms with Crippen LogP contribution in [0.3, 0.4) is 0 Å². The van der Waals surface area contributed by atoms with Crippen molar-refractivity contribution in [1.29, 1.82) is 0 Å². The Hall–Kier alpha value is -16.0. The predicted octanol–water partition coefficient (Wildman–Crippen LogP) is 30.9. The van der Waals surface area contributed by atoms with Gasteiger partial charge in [0, 0.05) is 159 Å². The Morgan fingerprint density at radius 1 is 0.287 bits per heavy atom.